The molecule has 1 aromatic heterocycles. The number of nitrogens with one attached hydrogen (secondary N) is 1. The van der Waals surface area contributed by atoms with Crippen molar-refractivity contribution in [1.29, 1.82) is 0 Å². The predicted molar refractivity (Wildman–Crippen MR) is 69.3 cm³/mol. The zero-order valence-corrected chi connectivity index (χ0v) is 11.2. The third kappa shape index (κ3) is 3.07. The van der Waals surface area contributed by atoms with Crippen molar-refractivity contribution in [3.63, 3.8) is 0 Å². The Bertz CT molecular complexity index is 601. The van der Waals surface area contributed by atoms with E-state index < -0.39 is 11.7 Å². The van der Waals surface area contributed by atoms with Gasteiger partial charge in [-0.05, 0) is 31.5 Å². The first-order valence-corrected chi connectivity index (χ1v) is 6.78. The van der Waals surface area contributed by atoms with Crippen molar-refractivity contribution in [2.24, 2.45) is 0 Å². The van der Waals surface area contributed by atoms with Crippen LogP contribution in [-0.4, -0.2) is 16.7 Å². The minimum Gasteiger partial charge on any atom is -0.337 e. The molecule has 0 spiro atoms. The lowest BCUT2D eigenvalue weighted by atomic mass is 10.1. The second-order valence-corrected chi connectivity index (χ2v) is 5.03. The summed E-state index contributed by atoms with van der Waals surface area (Å²) in [5.41, 5.74) is -0.183. The van der Waals surface area contributed by atoms with E-state index in [0.717, 1.165) is 37.9 Å². The molecule has 1 aromatic carbocycles. The first kappa shape index (κ1) is 14.1. The smallest absolute Gasteiger partial charge is 0.337 e. The van der Waals surface area contributed by atoms with Gasteiger partial charge in [0.15, 0.2) is 0 Å². The van der Waals surface area contributed by atoms with E-state index >= 15 is 0 Å². The fourth-order valence-corrected chi connectivity index (χ4v) is 2.36. The van der Waals surface area contributed by atoms with Crippen molar-refractivity contribution in [2.75, 3.05) is 6.54 Å². The largest absolute Gasteiger partial charge is 0.416 e. The molecule has 4 nitrogen and oxygen atoms in total. The minimum absolute atomic E-state index is 0.0365. The van der Waals surface area contributed by atoms with Gasteiger partial charge in [0.05, 0.1) is 11.6 Å². The van der Waals surface area contributed by atoms with Crippen LogP contribution in [0.1, 0.15) is 36.8 Å². The van der Waals surface area contributed by atoms with Gasteiger partial charge in [-0.3, -0.25) is 0 Å². The van der Waals surface area contributed by atoms with Gasteiger partial charge in [0.1, 0.15) is 0 Å². The number of hydrogen-bond donors (Lipinski definition) is 1. The molecule has 1 aliphatic rings. The van der Waals surface area contributed by atoms with E-state index in [2.05, 4.69) is 15.5 Å². The third-order valence-corrected chi connectivity index (χ3v) is 3.52. The van der Waals surface area contributed by atoms with Crippen molar-refractivity contribution < 1.29 is 17.7 Å². The van der Waals surface area contributed by atoms with E-state index in [-0.39, 0.29) is 6.04 Å². The van der Waals surface area contributed by atoms with Crippen LogP contribution in [0.3, 0.4) is 0 Å². The number of nitrogens with zero attached hydrogens (tertiary/aromatic N) is 2. The molecular weight excluding hydrogens is 283 g/mol. The van der Waals surface area contributed by atoms with Crippen LogP contribution in [0.4, 0.5) is 13.2 Å². The molecular formula is C14H14F3N3O. The number of alkyl halides is 3. The molecule has 0 radical (unpaired) electrons. The Hall–Kier alpha value is -1.89. The van der Waals surface area contributed by atoms with Gasteiger partial charge in [0.2, 0.25) is 11.7 Å². The van der Waals surface area contributed by atoms with Crippen molar-refractivity contribution in [3.8, 4) is 11.4 Å². The summed E-state index contributed by atoms with van der Waals surface area (Å²) in [5.74, 6) is 0.802. The van der Waals surface area contributed by atoms with Gasteiger partial charge in [-0.25, -0.2) is 0 Å². The van der Waals surface area contributed by atoms with Gasteiger partial charge in [-0.2, -0.15) is 18.2 Å². The lowest BCUT2D eigenvalue weighted by molar-refractivity contribution is -0.137. The highest BCUT2D eigenvalue weighted by molar-refractivity contribution is 5.54. The lowest BCUT2D eigenvalue weighted by Crippen LogP contribution is -2.26. The summed E-state index contributed by atoms with van der Waals surface area (Å²) in [7, 11) is 0. The Kier molecular flexibility index (Phi) is 3.67. The first-order valence-electron chi connectivity index (χ1n) is 6.78. The van der Waals surface area contributed by atoms with Crippen LogP contribution in [0.2, 0.25) is 0 Å². The maximum absolute atomic E-state index is 12.5. The number of halogens is 3. The van der Waals surface area contributed by atoms with Crippen molar-refractivity contribution in [3.05, 3.63) is 35.7 Å². The van der Waals surface area contributed by atoms with Crippen LogP contribution in [0, 0.1) is 0 Å². The fraction of sp³-hybridized carbons (Fsp3) is 0.429. The summed E-state index contributed by atoms with van der Waals surface area (Å²) in [5, 5.41) is 7.13. The summed E-state index contributed by atoms with van der Waals surface area (Å²) >= 11 is 0. The molecule has 21 heavy (non-hydrogen) atoms. The Labute approximate surface area is 119 Å². The Balaban J connectivity index is 1.79. The third-order valence-electron chi connectivity index (χ3n) is 3.52. The normalized spacial score (nSPS) is 19.7. The molecule has 1 N–H and O–H groups in total. The summed E-state index contributed by atoms with van der Waals surface area (Å²) in [4.78, 5) is 4.27. The maximum Gasteiger partial charge on any atom is 0.416 e. The van der Waals surface area contributed by atoms with Crippen LogP contribution < -0.4 is 5.32 Å². The zero-order valence-electron chi connectivity index (χ0n) is 11.2. The SMILES string of the molecule is FC(F)(F)c1ccc(-c2noc(C3CCCCN3)n2)cc1. The Morgan fingerprint density at radius 1 is 1.14 bits per heavy atom. The van der Waals surface area contributed by atoms with Crippen LogP contribution >= 0.6 is 0 Å². The maximum atomic E-state index is 12.5. The Morgan fingerprint density at radius 3 is 2.52 bits per heavy atom. The standard InChI is InChI=1S/C14H14F3N3O/c15-14(16,17)10-6-4-9(5-7-10)12-19-13(21-20-12)11-3-1-2-8-18-11/h4-7,11,18H,1-3,8H2. The van der Waals surface area contributed by atoms with Crippen molar-refractivity contribution >= 4 is 0 Å². The van der Waals surface area contributed by atoms with E-state index in [4.69, 9.17) is 4.52 Å². The molecule has 1 atom stereocenters. The number of rotatable bonds is 2. The summed E-state index contributed by atoms with van der Waals surface area (Å²) in [6.45, 7) is 0.905. The molecule has 1 saturated heterocycles. The molecule has 0 amide bonds. The number of hydrogen-bond acceptors (Lipinski definition) is 4. The van der Waals surface area contributed by atoms with Gasteiger partial charge < -0.3 is 9.84 Å². The molecule has 2 heterocycles. The number of piperidine rings is 1. The highest BCUT2D eigenvalue weighted by atomic mass is 19.4. The van der Waals surface area contributed by atoms with E-state index in [1.165, 1.54) is 12.1 Å². The second-order valence-electron chi connectivity index (χ2n) is 5.03. The highest BCUT2D eigenvalue weighted by Gasteiger charge is 2.30. The van der Waals surface area contributed by atoms with Gasteiger partial charge in [-0.1, -0.05) is 23.7 Å². The number of benzene rings is 1. The lowest BCUT2D eigenvalue weighted by Gasteiger charge is -2.19. The molecule has 1 aliphatic heterocycles. The van der Waals surface area contributed by atoms with Gasteiger partial charge in [0, 0.05) is 5.56 Å². The van der Waals surface area contributed by atoms with Crippen LogP contribution in [-0.2, 0) is 6.18 Å². The van der Waals surface area contributed by atoms with E-state index in [1.54, 1.807) is 0 Å². The first-order chi connectivity index (χ1) is 10.0. The molecule has 1 fully saturated rings. The number of aromatic nitrogens is 2. The van der Waals surface area contributed by atoms with Crippen LogP contribution in [0.5, 0.6) is 0 Å². The molecule has 0 aliphatic carbocycles. The average molecular weight is 297 g/mol. The zero-order chi connectivity index (χ0) is 14.9. The second kappa shape index (κ2) is 5.48. The van der Waals surface area contributed by atoms with E-state index in [1.807, 2.05) is 0 Å². The molecule has 7 heteroatoms. The summed E-state index contributed by atoms with van der Waals surface area (Å²) < 4.78 is 42.7. The van der Waals surface area contributed by atoms with E-state index in [9.17, 15) is 13.2 Å². The quantitative estimate of drug-likeness (QED) is 0.920. The molecule has 0 bridgehead atoms. The topological polar surface area (TPSA) is 51.0 Å². The van der Waals surface area contributed by atoms with Crippen LogP contribution in [0.15, 0.2) is 28.8 Å². The Morgan fingerprint density at radius 2 is 1.90 bits per heavy atom. The molecule has 1 unspecified atom stereocenters. The summed E-state index contributed by atoms with van der Waals surface area (Å²) in [6.07, 6.45) is -1.20. The van der Waals surface area contributed by atoms with Crippen LogP contribution in [0.25, 0.3) is 11.4 Å². The fourth-order valence-electron chi connectivity index (χ4n) is 2.36. The van der Waals surface area contributed by atoms with E-state index in [0.29, 0.717) is 17.3 Å². The van der Waals surface area contributed by atoms with Crippen molar-refractivity contribution in [1.82, 2.24) is 15.5 Å². The van der Waals surface area contributed by atoms with Gasteiger partial charge in [-0.15, -0.1) is 0 Å². The minimum atomic E-state index is -4.34. The van der Waals surface area contributed by atoms with Gasteiger partial charge in [0.25, 0.3) is 0 Å². The molecule has 2 aromatic rings. The molecule has 0 saturated carbocycles. The highest BCUT2D eigenvalue weighted by Crippen LogP contribution is 2.31. The monoisotopic (exact) mass is 297 g/mol. The average Bonchev–Trinajstić information content (AvgIpc) is 2.97. The van der Waals surface area contributed by atoms with Crippen molar-refractivity contribution in [2.45, 2.75) is 31.5 Å². The summed E-state index contributed by atoms with van der Waals surface area (Å²) in [6, 6.07) is 4.78. The predicted octanol–water partition coefficient (Wildman–Crippen LogP) is 3.57. The molecule has 112 valence electrons. The van der Waals surface area contributed by atoms with Gasteiger partial charge >= 0.3 is 6.18 Å². The molecule has 3 rings (SSSR count).